The van der Waals surface area contributed by atoms with Crippen LogP contribution in [0.3, 0.4) is 0 Å². The van der Waals surface area contributed by atoms with Crippen molar-refractivity contribution in [2.24, 2.45) is 0 Å². The maximum absolute atomic E-state index is 5.44. The van der Waals surface area contributed by atoms with Gasteiger partial charge >= 0.3 is 0 Å². The Morgan fingerprint density at radius 3 is 2.82 bits per heavy atom. The fourth-order valence-electron chi connectivity index (χ4n) is 2.78. The third kappa shape index (κ3) is 3.87. The molecule has 1 aromatic carbocycles. The van der Waals surface area contributed by atoms with Crippen molar-refractivity contribution >= 4 is 5.69 Å². The van der Waals surface area contributed by atoms with Gasteiger partial charge in [0.15, 0.2) is 0 Å². The molecule has 118 valence electrons. The van der Waals surface area contributed by atoms with E-state index in [1.54, 1.807) is 0 Å². The average molecular weight is 300 g/mol. The maximum Gasteiger partial charge on any atom is 0.0642 e. The molecule has 0 unspecified atom stereocenters. The fraction of sp³-hybridized carbons (Fsp3) is 0.471. The third-order valence-electron chi connectivity index (χ3n) is 3.94. The van der Waals surface area contributed by atoms with Crippen LogP contribution in [0.15, 0.2) is 36.7 Å². The number of anilines is 1. The molecule has 2 aromatic rings. The Morgan fingerprint density at radius 2 is 2.05 bits per heavy atom. The standard InChI is InChI=1S/C17H24N4O/c1-15-12-19-21(14-15)7-6-18-13-16-4-2-3-5-17(16)20-8-10-22-11-9-20/h2-5,12,14,18H,6-11,13H2,1H3. The molecule has 0 saturated carbocycles. The Labute approximate surface area is 131 Å². The van der Waals surface area contributed by atoms with Crippen molar-refractivity contribution in [1.29, 1.82) is 0 Å². The van der Waals surface area contributed by atoms with Crippen LogP contribution in [0.1, 0.15) is 11.1 Å². The topological polar surface area (TPSA) is 42.3 Å². The number of hydrogen-bond acceptors (Lipinski definition) is 4. The summed E-state index contributed by atoms with van der Waals surface area (Å²) in [5.41, 5.74) is 3.88. The molecule has 0 atom stereocenters. The number of rotatable bonds is 6. The molecule has 1 aliphatic rings. The number of aromatic nitrogens is 2. The van der Waals surface area contributed by atoms with Gasteiger partial charge in [-0.25, -0.2) is 0 Å². The number of hydrogen-bond donors (Lipinski definition) is 1. The third-order valence-corrected chi connectivity index (χ3v) is 3.94. The molecular weight excluding hydrogens is 276 g/mol. The summed E-state index contributed by atoms with van der Waals surface area (Å²) in [5.74, 6) is 0. The lowest BCUT2D eigenvalue weighted by Crippen LogP contribution is -2.37. The second-order valence-electron chi connectivity index (χ2n) is 5.69. The molecule has 0 bridgehead atoms. The molecule has 0 aliphatic carbocycles. The monoisotopic (exact) mass is 300 g/mol. The first kappa shape index (κ1) is 15.1. The molecule has 0 radical (unpaired) electrons. The van der Waals surface area contributed by atoms with Crippen LogP contribution < -0.4 is 10.2 Å². The van der Waals surface area contributed by atoms with Gasteiger partial charge in [0, 0.05) is 38.1 Å². The van der Waals surface area contributed by atoms with Gasteiger partial charge in [0.05, 0.1) is 26.0 Å². The number of nitrogens with zero attached hydrogens (tertiary/aromatic N) is 3. The van der Waals surface area contributed by atoms with E-state index in [-0.39, 0.29) is 0 Å². The Balaban J connectivity index is 1.53. The fourth-order valence-corrected chi connectivity index (χ4v) is 2.78. The minimum atomic E-state index is 0.820. The molecule has 1 N–H and O–H groups in total. The Bertz CT molecular complexity index is 590. The average Bonchev–Trinajstić information content (AvgIpc) is 2.98. The van der Waals surface area contributed by atoms with E-state index >= 15 is 0 Å². The molecule has 0 spiro atoms. The van der Waals surface area contributed by atoms with Crippen molar-refractivity contribution in [2.45, 2.75) is 20.0 Å². The second kappa shape index (κ2) is 7.42. The van der Waals surface area contributed by atoms with Gasteiger partial charge in [0.1, 0.15) is 0 Å². The van der Waals surface area contributed by atoms with E-state index in [4.69, 9.17) is 4.74 Å². The summed E-state index contributed by atoms with van der Waals surface area (Å²) in [5, 5.41) is 7.83. The van der Waals surface area contributed by atoms with Crippen LogP contribution in [0, 0.1) is 6.92 Å². The molecule has 1 aromatic heterocycles. The van der Waals surface area contributed by atoms with Crippen molar-refractivity contribution < 1.29 is 4.74 Å². The largest absolute Gasteiger partial charge is 0.378 e. The van der Waals surface area contributed by atoms with Crippen LogP contribution in [0.25, 0.3) is 0 Å². The predicted molar refractivity (Wildman–Crippen MR) is 88.1 cm³/mol. The van der Waals surface area contributed by atoms with Gasteiger partial charge in [-0.2, -0.15) is 5.10 Å². The quantitative estimate of drug-likeness (QED) is 0.826. The lowest BCUT2D eigenvalue weighted by Gasteiger charge is -2.30. The van der Waals surface area contributed by atoms with E-state index in [0.717, 1.165) is 45.9 Å². The van der Waals surface area contributed by atoms with Crippen LogP contribution in [0.2, 0.25) is 0 Å². The minimum absolute atomic E-state index is 0.820. The van der Waals surface area contributed by atoms with Crippen LogP contribution in [0.5, 0.6) is 0 Å². The van der Waals surface area contributed by atoms with E-state index in [9.17, 15) is 0 Å². The van der Waals surface area contributed by atoms with Crippen LogP contribution in [-0.4, -0.2) is 42.6 Å². The van der Waals surface area contributed by atoms with Gasteiger partial charge in [-0.1, -0.05) is 18.2 Å². The highest BCUT2D eigenvalue weighted by atomic mass is 16.5. The normalized spacial score (nSPS) is 15.2. The molecule has 22 heavy (non-hydrogen) atoms. The molecule has 0 amide bonds. The summed E-state index contributed by atoms with van der Waals surface area (Å²) >= 11 is 0. The highest BCUT2D eigenvalue weighted by Gasteiger charge is 2.13. The van der Waals surface area contributed by atoms with Crippen molar-refractivity contribution in [3.63, 3.8) is 0 Å². The Hall–Kier alpha value is -1.85. The molecule has 1 saturated heterocycles. The highest BCUT2D eigenvalue weighted by molar-refractivity contribution is 5.53. The van der Waals surface area contributed by atoms with Crippen LogP contribution in [-0.2, 0) is 17.8 Å². The van der Waals surface area contributed by atoms with Crippen molar-refractivity contribution in [3.8, 4) is 0 Å². The van der Waals surface area contributed by atoms with Gasteiger partial charge in [0.2, 0.25) is 0 Å². The van der Waals surface area contributed by atoms with Gasteiger partial charge in [-0.3, -0.25) is 4.68 Å². The highest BCUT2D eigenvalue weighted by Crippen LogP contribution is 2.21. The van der Waals surface area contributed by atoms with Crippen molar-refractivity contribution in [3.05, 3.63) is 47.8 Å². The van der Waals surface area contributed by atoms with Crippen molar-refractivity contribution in [2.75, 3.05) is 37.7 Å². The number of morpholine rings is 1. The summed E-state index contributed by atoms with van der Waals surface area (Å²) in [7, 11) is 0. The first-order chi connectivity index (χ1) is 10.8. The Morgan fingerprint density at radius 1 is 1.23 bits per heavy atom. The zero-order chi connectivity index (χ0) is 15.2. The molecule has 2 heterocycles. The number of nitrogens with one attached hydrogen (secondary N) is 1. The second-order valence-corrected chi connectivity index (χ2v) is 5.69. The van der Waals surface area contributed by atoms with Gasteiger partial charge in [-0.15, -0.1) is 0 Å². The lowest BCUT2D eigenvalue weighted by molar-refractivity contribution is 0.122. The predicted octanol–water partition coefficient (Wildman–Crippen LogP) is 1.82. The smallest absolute Gasteiger partial charge is 0.0642 e. The maximum atomic E-state index is 5.44. The molecule has 1 fully saturated rings. The van der Waals surface area contributed by atoms with E-state index in [2.05, 4.69) is 52.7 Å². The number of aryl methyl sites for hydroxylation is 1. The minimum Gasteiger partial charge on any atom is -0.378 e. The summed E-state index contributed by atoms with van der Waals surface area (Å²) in [6.45, 7) is 8.35. The van der Waals surface area contributed by atoms with Crippen LogP contribution >= 0.6 is 0 Å². The van der Waals surface area contributed by atoms with Gasteiger partial charge in [-0.05, 0) is 24.1 Å². The molecule has 3 rings (SSSR count). The zero-order valence-corrected chi connectivity index (χ0v) is 13.2. The first-order valence-electron chi connectivity index (χ1n) is 7.93. The molecular formula is C17H24N4O. The summed E-state index contributed by atoms with van der Waals surface area (Å²) in [6, 6.07) is 8.63. The summed E-state index contributed by atoms with van der Waals surface area (Å²) in [4.78, 5) is 2.41. The van der Waals surface area contributed by atoms with Gasteiger partial charge < -0.3 is 15.0 Å². The lowest BCUT2D eigenvalue weighted by atomic mass is 10.1. The van der Waals surface area contributed by atoms with E-state index in [0.29, 0.717) is 0 Å². The zero-order valence-electron chi connectivity index (χ0n) is 13.2. The van der Waals surface area contributed by atoms with Gasteiger partial charge in [0.25, 0.3) is 0 Å². The summed E-state index contributed by atoms with van der Waals surface area (Å²) in [6.07, 6.45) is 3.97. The summed E-state index contributed by atoms with van der Waals surface area (Å²) < 4.78 is 7.43. The molecule has 5 nitrogen and oxygen atoms in total. The molecule has 5 heteroatoms. The number of benzene rings is 1. The number of ether oxygens (including phenoxy) is 1. The van der Waals surface area contributed by atoms with E-state index in [1.165, 1.54) is 16.8 Å². The molecule has 1 aliphatic heterocycles. The Kier molecular flexibility index (Phi) is 5.08. The van der Waals surface area contributed by atoms with Crippen LogP contribution in [0.4, 0.5) is 5.69 Å². The van der Waals surface area contributed by atoms with E-state index in [1.807, 2.05) is 10.9 Å². The SMILES string of the molecule is Cc1cnn(CCNCc2ccccc2N2CCOCC2)c1. The van der Waals surface area contributed by atoms with E-state index < -0.39 is 0 Å². The first-order valence-corrected chi connectivity index (χ1v) is 7.93. The number of para-hydroxylation sites is 1. The van der Waals surface area contributed by atoms with Crippen molar-refractivity contribution in [1.82, 2.24) is 15.1 Å².